The van der Waals surface area contributed by atoms with Crippen LogP contribution in [0.1, 0.15) is 58.1 Å². The minimum absolute atomic E-state index is 0.458. The summed E-state index contributed by atoms with van der Waals surface area (Å²) in [5.74, 6) is 0.717. The van der Waals surface area contributed by atoms with Crippen LogP contribution in [-0.4, -0.2) is 11.5 Å². The summed E-state index contributed by atoms with van der Waals surface area (Å²) in [7, 11) is 0. The van der Waals surface area contributed by atoms with Crippen LogP contribution < -0.4 is 5.32 Å². The Morgan fingerprint density at radius 2 is 1.81 bits per heavy atom. The Balaban J connectivity index is 2.33. The van der Waals surface area contributed by atoms with E-state index in [4.69, 9.17) is 0 Å². The van der Waals surface area contributed by atoms with E-state index in [1.165, 1.54) is 36.6 Å². The van der Waals surface area contributed by atoms with Crippen LogP contribution in [0.4, 0.5) is 0 Å². The largest absolute Gasteiger partial charge is 0.310 e. The molecule has 0 aliphatic carbocycles. The van der Waals surface area contributed by atoms with E-state index in [0.717, 1.165) is 12.1 Å². The second-order valence-corrected chi connectivity index (χ2v) is 5.83. The number of hydrogen-bond acceptors (Lipinski definition) is 2. The minimum atomic E-state index is 0.458. The fourth-order valence-electron chi connectivity index (χ4n) is 3.28. The molecule has 2 heteroatoms. The number of pyridine rings is 1. The second-order valence-electron chi connectivity index (χ2n) is 5.83. The maximum Gasteiger partial charge on any atom is 0.0702 e. The van der Waals surface area contributed by atoms with Crippen LogP contribution in [0, 0.1) is 5.92 Å². The highest BCUT2D eigenvalue weighted by Crippen LogP contribution is 2.31. The van der Waals surface area contributed by atoms with Gasteiger partial charge in [-0.25, -0.2) is 0 Å². The van der Waals surface area contributed by atoms with Crippen molar-refractivity contribution >= 4 is 10.9 Å². The molecule has 0 fully saturated rings. The van der Waals surface area contributed by atoms with E-state index in [9.17, 15) is 0 Å². The van der Waals surface area contributed by atoms with E-state index in [-0.39, 0.29) is 0 Å². The van der Waals surface area contributed by atoms with Gasteiger partial charge < -0.3 is 5.32 Å². The van der Waals surface area contributed by atoms with Crippen molar-refractivity contribution in [2.75, 3.05) is 6.54 Å². The second kappa shape index (κ2) is 8.14. The lowest BCUT2D eigenvalue weighted by Crippen LogP contribution is -2.28. The molecule has 114 valence electrons. The van der Waals surface area contributed by atoms with Crippen LogP contribution in [0.5, 0.6) is 0 Å². The highest BCUT2D eigenvalue weighted by atomic mass is 14.9. The lowest BCUT2D eigenvalue weighted by atomic mass is 9.85. The average molecular weight is 284 g/mol. The van der Waals surface area contributed by atoms with Crippen molar-refractivity contribution in [3.63, 3.8) is 0 Å². The smallest absolute Gasteiger partial charge is 0.0702 e. The molecule has 1 aromatic carbocycles. The highest BCUT2D eigenvalue weighted by Gasteiger charge is 2.21. The summed E-state index contributed by atoms with van der Waals surface area (Å²) in [5, 5.41) is 4.95. The number of nitrogens with one attached hydrogen (secondary N) is 1. The average Bonchev–Trinajstić information content (AvgIpc) is 2.52. The molecule has 1 aromatic heterocycles. The van der Waals surface area contributed by atoms with Gasteiger partial charge >= 0.3 is 0 Å². The minimum Gasteiger partial charge on any atom is -0.310 e. The van der Waals surface area contributed by atoms with Crippen LogP contribution in [0.3, 0.4) is 0 Å². The molecular weight excluding hydrogens is 256 g/mol. The standard InChI is InChI=1S/C19H28N2/c1-4-8-15(9-5-2)19(20-6-3)17-11-12-18-16(14-17)10-7-13-21-18/h7,10-15,19-20H,4-6,8-9H2,1-3H3. The van der Waals surface area contributed by atoms with Gasteiger partial charge in [0.2, 0.25) is 0 Å². The molecular formula is C19H28N2. The van der Waals surface area contributed by atoms with Crippen molar-refractivity contribution in [2.24, 2.45) is 5.92 Å². The summed E-state index contributed by atoms with van der Waals surface area (Å²) in [6.45, 7) is 7.79. The molecule has 0 radical (unpaired) electrons. The van der Waals surface area contributed by atoms with Gasteiger partial charge in [-0.05, 0) is 49.1 Å². The Bertz CT molecular complexity index is 544. The Hall–Kier alpha value is -1.41. The van der Waals surface area contributed by atoms with Crippen LogP contribution in [0.25, 0.3) is 10.9 Å². The maximum atomic E-state index is 4.42. The summed E-state index contributed by atoms with van der Waals surface area (Å²) >= 11 is 0. The number of aromatic nitrogens is 1. The Kier molecular flexibility index (Phi) is 6.19. The molecule has 1 unspecified atom stereocenters. The van der Waals surface area contributed by atoms with Crippen LogP contribution in [0.2, 0.25) is 0 Å². The molecule has 0 amide bonds. The zero-order valence-corrected chi connectivity index (χ0v) is 13.6. The molecule has 1 heterocycles. The fourth-order valence-corrected chi connectivity index (χ4v) is 3.28. The van der Waals surface area contributed by atoms with Gasteiger partial charge in [-0.3, -0.25) is 4.98 Å². The number of nitrogens with zero attached hydrogens (tertiary/aromatic N) is 1. The molecule has 2 aromatic rings. The molecule has 0 spiro atoms. The van der Waals surface area contributed by atoms with E-state index < -0.39 is 0 Å². The summed E-state index contributed by atoms with van der Waals surface area (Å²) < 4.78 is 0. The van der Waals surface area contributed by atoms with E-state index in [1.54, 1.807) is 0 Å². The lowest BCUT2D eigenvalue weighted by Gasteiger charge is -2.28. The molecule has 2 nitrogen and oxygen atoms in total. The van der Waals surface area contributed by atoms with Crippen molar-refractivity contribution in [2.45, 2.75) is 52.5 Å². The van der Waals surface area contributed by atoms with Gasteiger partial charge in [-0.15, -0.1) is 0 Å². The van der Waals surface area contributed by atoms with Gasteiger partial charge in [0, 0.05) is 17.6 Å². The van der Waals surface area contributed by atoms with E-state index in [2.05, 4.69) is 55.3 Å². The molecule has 0 aliphatic heterocycles. The van der Waals surface area contributed by atoms with Crippen molar-refractivity contribution in [3.8, 4) is 0 Å². The zero-order valence-electron chi connectivity index (χ0n) is 13.6. The van der Waals surface area contributed by atoms with Gasteiger partial charge in [-0.1, -0.05) is 45.7 Å². The third-order valence-corrected chi connectivity index (χ3v) is 4.20. The first-order valence-electron chi connectivity index (χ1n) is 8.38. The first kappa shape index (κ1) is 16.0. The molecule has 0 bridgehead atoms. The fraction of sp³-hybridized carbons (Fsp3) is 0.526. The summed E-state index contributed by atoms with van der Waals surface area (Å²) in [5.41, 5.74) is 2.49. The molecule has 1 N–H and O–H groups in total. The van der Waals surface area contributed by atoms with Crippen LogP contribution in [-0.2, 0) is 0 Å². The van der Waals surface area contributed by atoms with Crippen LogP contribution in [0.15, 0.2) is 36.5 Å². The van der Waals surface area contributed by atoms with E-state index in [0.29, 0.717) is 12.0 Å². The molecule has 1 atom stereocenters. The highest BCUT2D eigenvalue weighted by molar-refractivity contribution is 5.79. The molecule has 0 saturated heterocycles. The van der Waals surface area contributed by atoms with Crippen molar-refractivity contribution in [1.29, 1.82) is 0 Å². The quantitative estimate of drug-likeness (QED) is 0.729. The maximum absolute atomic E-state index is 4.42. The van der Waals surface area contributed by atoms with Gasteiger partial charge in [0.25, 0.3) is 0 Å². The topological polar surface area (TPSA) is 24.9 Å². The normalized spacial score (nSPS) is 13.0. The number of hydrogen-bond donors (Lipinski definition) is 1. The van der Waals surface area contributed by atoms with Gasteiger partial charge in [0.05, 0.1) is 5.52 Å². The van der Waals surface area contributed by atoms with Gasteiger partial charge in [0.1, 0.15) is 0 Å². The number of rotatable bonds is 8. The predicted molar refractivity (Wildman–Crippen MR) is 91.5 cm³/mol. The number of fused-ring (bicyclic) bond motifs is 1. The SMILES string of the molecule is CCCC(CCC)C(NCC)c1ccc2ncccc2c1. The first-order valence-corrected chi connectivity index (χ1v) is 8.38. The van der Waals surface area contributed by atoms with Crippen LogP contribution >= 0.6 is 0 Å². The van der Waals surface area contributed by atoms with E-state index >= 15 is 0 Å². The van der Waals surface area contributed by atoms with Gasteiger partial charge in [-0.2, -0.15) is 0 Å². The van der Waals surface area contributed by atoms with Gasteiger partial charge in [0.15, 0.2) is 0 Å². The lowest BCUT2D eigenvalue weighted by molar-refractivity contribution is 0.320. The predicted octanol–water partition coefficient (Wildman–Crippen LogP) is 5.10. The Morgan fingerprint density at radius 1 is 1.05 bits per heavy atom. The summed E-state index contributed by atoms with van der Waals surface area (Å²) in [6, 6.07) is 11.4. The Morgan fingerprint density at radius 3 is 2.48 bits per heavy atom. The third-order valence-electron chi connectivity index (χ3n) is 4.20. The number of benzene rings is 1. The van der Waals surface area contributed by atoms with Crippen molar-refractivity contribution in [3.05, 3.63) is 42.1 Å². The summed E-state index contributed by atoms with van der Waals surface area (Å²) in [6.07, 6.45) is 6.94. The molecule has 21 heavy (non-hydrogen) atoms. The molecule has 0 saturated carbocycles. The molecule has 0 aliphatic rings. The third kappa shape index (κ3) is 4.04. The van der Waals surface area contributed by atoms with E-state index in [1.807, 2.05) is 12.3 Å². The Labute approximate surface area is 129 Å². The summed E-state index contributed by atoms with van der Waals surface area (Å²) in [4.78, 5) is 4.42. The zero-order chi connectivity index (χ0) is 15.1. The van der Waals surface area contributed by atoms with Crippen molar-refractivity contribution < 1.29 is 0 Å². The van der Waals surface area contributed by atoms with Crippen molar-refractivity contribution in [1.82, 2.24) is 10.3 Å². The first-order chi connectivity index (χ1) is 10.3. The molecule has 2 rings (SSSR count). The monoisotopic (exact) mass is 284 g/mol.